The molecule has 0 aliphatic heterocycles. The Labute approximate surface area is 143 Å². The van der Waals surface area contributed by atoms with Crippen molar-refractivity contribution in [1.29, 1.82) is 0 Å². The van der Waals surface area contributed by atoms with Crippen molar-refractivity contribution in [2.45, 2.75) is 19.9 Å². The first kappa shape index (κ1) is 16.6. The molecule has 7 heteroatoms. The van der Waals surface area contributed by atoms with Crippen LogP contribution in [0.25, 0.3) is 11.3 Å². The van der Waals surface area contributed by atoms with Gasteiger partial charge in [0.05, 0.1) is 5.69 Å². The van der Waals surface area contributed by atoms with E-state index in [0.717, 1.165) is 0 Å². The van der Waals surface area contributed by atoms with Crippen molar-refractivity contribution >= 4 is 11.7 Å². The van der Waals surface area contributed by atoms with E-state index < -0.39 is 17.3 Å². The van der Waals surface area contributed by atoms with Gasteiger partial charge in [-0.05, 0) is 50.2 Å². The molecule has 0 saturated carbocycles. The van der Waals surface area contributed by atoms with Crippen LogP contribution in [0, 0.1) is 5.82 Å². The molecule has 0 saturated heterocycles. The molecule has 0 aliphatic carbocycles. The minimum Gasteiger partial charge on any atom is -0.306 e. The summed E-state index contributed by atoms with van der Waals surface area (Å²) in [4.78, 5) is 29.4. The minimum absolute atomic E-state index is 0.0361. The topological polar surface area (TPSA) is 79.8 Å². The fraction of sp³-hybridized carbons (Fsp3) is 0.167. The fourth-order valence-corrected chi connectivity index (χ4v) is 2.47. The van der Waals surface area contributed by atoms with Crippen molar-refractivity contribution in [3.05, 3.63) is 70.4 Å². The predicted molar refractivity (Wildman–Crippen MR) is 93.0 cm³/mol. The molecule has 0 radical (unpaired) electrons. The van der Waals surface area contributed by atoms with Crippen molar-refractivity contribution in [3.63, 3.8) is 0 Å². The first-order valence-corrected chi connectivity index (χ1v) is 7.80. The molecule has 0 fully saturated rings. The van der Waals surface area contributed by atoms with Gasteiger partial charge in [-0.15, -0.1) is 0 Å². The maximum Gasteiger partial charge on any atom is 0.280 e. The van der Waals surface area contributed by atoms with Crippen molar-refractivity contribution in [1.82, 2.24) is 14.8 Å². The van der Waals surface area contributed by atoms with Crippen LogP contribution in [-0.4, -0.2) is 20.7 Å². The molecule has 1 amide bonds. The smallest absolute Gasteiger partial charge is 0.280 e. The van der Waals surface area contributed by atoms with E-state index in [1.54, 1.807) is 24.4 Å². The Balaban J connectivity index is 2.09. The number of nitrogens with zero attached hydrogens (tertiary/aromatic N) is 2. The van der Waals surface area contributed by atoms with Gasteiger partial charge in [-0.2, -0.15) is 0 Å². The maximum atomic E-state index is 13.2. The van der Waals surface area contributed by atoms with Crippen LogP contribution in [-0.2, 0) is 0 Å². The second-order valence-electron chi connectivity index (χ2n) is 5.81. The first-order valence-electron chi connectivity index (χ1n) is 7.80. The highest BCUT2D eigenvalue weighted by molar-refractivity contribution is 6.07. The number of nitrogens with one attached hydrogen (secondary N) is 2. The fourth-order valence-electron chi connectivity index (χ4n) is 2.47. The Kier molecular flexibility index (Phi) is 4.47. The molecule has 3 aromatic rings. The summed E-state index contributed by atoms with van der Waals surface area (Å²) in [6.07, 6.45) is 1.54. The molecule has 0 bridgehead atoms. The zero-order chi connectivity index (χ0) is 18.0. The maximum absolute atomic E-state index is 13.2. The van der Waals surface area contributed by atoms with Gasteiger partial charge in [0, 0.05) is 17.8 Å². The number of H-pyrrole nitrogens is 1. The van der Waals surface area contributed by atoms with Gasteiger partial charge in [0.1, 0.15) is 17.2 Å². The normalized spacial score (nSPS) is 10.9. The number of benzene rings is 1. The average molecular weight is 340 g/mol. The Morgan fingerprint density at radius 3 is 2.52 bits per heavy atom. The molecular formula is C18H17FN4O2. The average Bonchev–Trinajstić information content (AvgIpc) is 2.94. The first-order chi connectivity index (χ1) is 12.0. The standard InChI is InChI=1S/C18H17FN4O2/c1-11(2)23-18(25)15(17(24)21-14-5-3-4-10-20-14)16(22-23)12-6-8-13(19)9-7-12/h3-11,22H,1-2H3,(H,20,21,24). The molecule has 3 rings (SSSR count). The van der Waals surface area contributed by atoms with E-state index in [2.05, 4.69) is 15.4 Å². The molecule has 2 N–H and O–H groups in total. The minimum atomic E-state index is -0.571. The Morgan fingerprint density at radius 1 is 1.20 bits per heavy atom. The number of carbonyl (C=O) groups excluding carboxylic acids is 1. The van der Waals surface area contributed by atoms with Gasteiger partial charge in [0.25, 0.3) is 11.5 Å². The van der Waals surface area contributed by atoms with E-state index in [-0.39, 0.29) is 11.6 Å². The molecule has 2 heterocycles. The van der Waals surface area contributed by atoms with E-state index in [1.165, 1.54) is 28.9 Å². The Morgan fingerprint density at radius 2 is 1.92 bits per heavy atom. The van der Waals surface area contributed by atoms with Crippen molar-refractivity contribution in [2.75, 3.05) is 5.32 Å². The molecule has 0 atom stereocenters. The largest absolute Gasteiger partial charge is 0.306 e. The lowest BCUT2D eigenvalue weighted by atomic mass is 10.1. The third-order valence-corrected chi connectivity index (χ3v) is 3.70. The van der Waals surface area contributed by atoms with Gasteiger partial charge < -0.3 is 5.32 Å². The number of hydrogen-bond acceptors (Lipinski definition) is 3. The number of rotatable bonds is 4. The van der Waals surface area contributed by atoms with Crippen LogP contribution in [0.1, 0.15) is 30.2 Å². The quantitative estimate of drug-likeness (QED) is 0.765. The third kappa shape index (κ3) is 3.35. The number of pyridine rings is 1. The van der Waals surface area contributed by atoms with Crippen LogP contribution < -0.4 is 10.9 Å². The van der Waals surface area contributed by atoms with Gasteiger partial charge in [-0.25, -0.2) is 14.1 Å². The lowest BCUT2D eigenvalue weighted by molar-refractivity contribution is 0.102. The summed E-state index contributed by atoms with van der Waals surface area (Å²) in [7, 11) is 0. The van der Waals surface area contributed by atoms with Crippen LogP contribution >= 0.6 is 0 Å². The van der Waals surface area contributed by atoms with Gasteiger partial charge in [-0.3, -0.25) is 14.7 Å². The summed E-state index contributed by atoms with van der Waals surface area (Å²) >= 11 is 0. The molecule has 0 spiro atoms. The summed E-state index contributed by atoms with van der Waals surface area (Å²) in [5, 5.41) is 5.57. The highest BCUT2D eigenvalue weighted by Crippen LogP contribution is 2.22. The van der Waals surface area contributed by atoms with Crippen LogP contribution in [0.4, 0.5) is 10.2 Å². The number of carbonyl (C=O) groups is 1. The molecule has 6 nitrogen and oxygen atoms in total. The summed E-state index contributed by atoms with van der Waals surface area (Å²) in [6.45, 7) is 3.65. The third-order valence-electron chi connectivity index (χ3n) is 3.70. The molecule has 0 unspecified atom stereocenters. The number of anilines is 1. The summed E-state index contributed by atoms with van der Waals surface area (Å²) in [5.74, 6) is -0.623. The predicted octanol–water partition coefficient (Wildman–Crippen LogP) is 3.21. The summed E-state index contributed by atoms with van der Waals surface area (Å²) in [5.41, 5.74) is 0.407. The molecule has 128 valence electrons. The Bertz CT molecular complexity index is 943. The van der Waals surface area contributed by atoms with Gasteiger partial charge in [0.15, 0.2) is 0 Å². The van der Waals surface area contributed by atoms with E-state index in [4.69, 9.17) is 0 Å². The number of aromatic nitrogens is 3. The number of halogens is 1. The molecule has 25 heavy (non-hydrogen) atoms. The Hall–Kier alpha value is -3.22. The monoisotopic (exact) mass is 340 g/mol. The van der Waals surface area contributed by atoms with Crippen LogP contribution in [0.15, 0.2) is 53.5 Å². The van der Waals surface area contributed by atoms with E-state index in [1.807, 2.05) is 13.8 Å². The lowest BCUT2D eigenvalue weighted by Gasteiger charge is -2.05. The molecular weight excluding hydrogens is 323 g/mol. The van der Waals surface area contributed by atoms with Crippen LogP contribution in [0.3, 0.4) is 0 Å². The van der Waals surface area contributed by atoms with Crippen molar-refractivity contribution in [2.24, 2.45) is 0 Å². The number of hydrogen-bond donors (Lipinski definition) is 2. The van der Waals surface area contributed by atoms with Crippen molar-refractivity contribution < 1.29 is 9.18 Å². The lowest BCUT2D eigenvalue weighted by Crippen LogP contribution is -2.26. The van der Waals surface area contributed by atoms with E-state index in [9.17, 15) is 14.0 Å². The highest BCUT2D eigenvalue weighted by atomic mass is 19.1. The summed E-state index contributed by atoms with van der Waals surface area (Å²) < 4.78 is 14.6. The molecule has 2 aromatic heterocycles. The zero-order valence-electron chi connectivity index (χ0n) is 13.8. The van der Waals surface area contributed by atoms with Crippen molar-refractivity contribution in [3.8, 4) is 11.3 Å². The van der Waals surface area contributed by atoms with E-state index in [0.29, 0.717) is 17.1 Å². The molecule has 1 aromatic carbocycles. The van der Waals surface area contributed by atoms with E-state index >= 15 is 0 Å². The summed E-state index contributed by atoms with van der Waals surface area (Å²) in [6, 6.07) is 10.5. The van der Waals surface area contributed by atoms with Gasteiger partial charge in [0.2, 0.25) is 0 Å². The van der Waals surface area contributed by atoms with Crippen LogP contribution in [0.5, 0.6) is 0 Å². The molecule has 0 aliphatic rings. The highest BCUT2D eigenvalue weighted by Gasteiger charge is 2.23. The second kappa shape index (κ2) is 6.72. The SMILES string of the molecule is CC(C)n1[nH]c(-c2ccc(F)cc2)c(C(=O)Nc2ccccn2)c1=O. The zero-order valence-corrected chi connectivity index (χ0v) is 13.8. The van der Waals surface area contributed by atoms with Gasteiger partial charge >= 0.3 is 0 Å². The van der Waals surface area contributed by atoms with Crippen LogP contribution in [0.2, 0.25) is 0 Å². The number of amides is 1. The van der Waals surface area contributed by atoms with Gasteiger partial charge in [-0.1, -0.05) is 6.07 Å². The second-order valence-corrected chi connectivity index (χ2v) is 5.81. The number of aromatic amines is 1.